The SMILES string of the molecule is C=CCCN(C)C(=O)c1ccc(C#CCNc2cccc(C(=N)N)c2)cc1C.Cl. The number of hydrogen-bond donors (Lipinski definition) is 3. The van der Waals surface area contributed by atoms with Crippen molar-refractivity contribution in [3.63, 3.8) is 0 Å². The highest BCUT2D eigenvalue weighted by Crippen LogP contribution is 2.13. The summed E-state index contributed by atoms with van der Waals surface area (Å²) >= 11 is 0. The maximum absolute atomic E-state index is 12.5. The van der Waals surface area contributed by atoms with Crippen molar-refractivity contribution >= 4 is 29.8 Å². The van der Waals surface area contributed by atoms with Crippen LogP contribution in [0.15, 0.2) is 55.1 Å². The average Bonchev–Trinajstić information content (AvgIpc) is 2.69. The zero-order valence-electron chi connectivity index (χ0n) is 16.8. The normalized spacial score (nSPS) is 9.45. The van der Waals surface area contributed by atoms with Crippen molar-refractivity contribution in [1.82, 2.24) is 4.90 Å². The van der Waals surface area contributed by atoms with E-state index in [1.54, 1.807) is 24.1 Å². The maximum Gasteiger partial charge on any atom is 0.253 e. The van der Waals surface area contributed by atoms with Crippen LogP contribution in [-0.2, 0) is 0 Å². The van der Waals surface area contributed by atoms with Crippen LogP contribution in [0.5, 0.6) is 0 Å². The first-order chi connectivity index (χ1) is 13.4. The lowest BCUT2D eigenvalue weighted by atomic mass is 10.0. The molecule has 0 aromatic heterocycles. The number of halogens is 1. The standard InChI is InChI=1S/C23H26N4O.ClH/c1-4-5-14-27(3)23(28)21-12-11-18(15-17(21)2)8-7-13-26-20-10-6-9-19(16-20)22(24)25;/h4,6,9-12,15-16,26H,1,5,13-14H2,2-3H3,(H3,24,25);1H. The molecular weight excluding hydrogens is 384 g/mol. The fraction of sp³-hybridized carbons (Fsp3) is 0.217. The van der Waals surface area contributed by atoms with Gasteiger partial charge in [0.2, 0.25) is 0 Å². The van der Waals surface area contributed by atoms with Crippen LogP contribution in [0.25, 0.3) is 0 Å². The summed E-state index contributed by atoms with van der Waals surface area (Å²) in [5.41, 5.74) is 9.50. The fourth-order valence-corrected chi connectivity index (χ4v) is 2.66. The Morgan fingerprint density at radius 3 is 2.72 bits per heavy atom. The van der Waals surface area contributed by atoms with Crippen LogP contribution >= 0.6 is 12.4 Å². The van der Waals surface area contributed by atoms with Crippen LogP contribution in [0.4, 0.5) is 5.69 Å². The van der Waals surface area contributed by atoms with Crippen molar-refractivity contribution in [2.75, 3.05) is 25.5 Å². The zero-order valence-corrected chi connectivity index (χ0v) is 17.6. The molecule has 1 amide bonds. The van der Waals surface area contributed by atoms with Crippen LogP contribution in [0.3, 0.4) is 0 Å². The topological polar surface area (TPSA) is 82.2 Å². The summed E-state index contributed by atoms with van der Waals surface area (Å²) in [5.74, 6) is 6.22. The number of hydrogen-bond acceptors (Lipinski definition) is 3. The first-order valence-electron chi connectivity index (χ1n) is 9.06. The van der Waals surface area contributed by atoms with Gasteiger partial charge in [-0.05, 0) is 49.2 Å². The molecule has 0 aliphatic heterocycles. The van der Waals surface area contributed by atoms with Crippen molar-refractivity contribution < 1.29 is 4.79 Å². The highest BCUT2D eigenvalue weighted by molar-refractivity contribution is 5.96. The molecule has 152 valence electrons. The zero-order chi connectivity index (χ0) is 20.5. The molecule has 4 N–H and O–H groups in total. The van der Waals surface area contributed by atoms with Crippen molar-refractivity contribution in [3.8, 4) is 11.8 Å². The Bertz CT molecular complexity index is 943. The Kier molecular flexibility index (Phi) is 9.50. The lowest BCUT2D eigenvalue weighted by Crippen LogP contribution is -2.28. The summed E-state index contributed by atoms with van der Waals surface area (Å²) in [7, 11) is 1.80. The number of anilines is 1. The van der Waals surface area contributed by atoms with Gasteiger partial charge in [0.15, 0.2) is 0 Å². The second-order valence-corrected chi connectivity index (χ2v) is 6.48. The van der Waals surface area contributed by atoms with Gasteiger partial charge < -0.3 is 16.0 Å². The number of nitrogens with two attached hydrogens (primary N) is 1. The Morgan fingerprint density at radius 2 is 2.07 bits per heavy atom. The molecule has 29 heavy (non-hydrogen) atoms. The van der Waals surface area contributed by atoms with Gasteiger partial charge in [0.1, 0.15) is 5.84 Å². The number of nitrogens with zero attached hydrogens (tertiary/aromatic N) is 1. The number of amides is 1. The van der Waals surface area contributed by atoms with E-state index >= 15 is 0 Å². The van der Waals surface area contributed by atoms with Gasteiger partial charge in [-0.2, -0.15) is 0 Å². The van der Waals surface area contributed by atoms with Gasteiger partial charge in [-0.3, -0.25) is 10.2 Å². The molecule has 0 spiro atoms. The van der Waals surface area contributed by atoms with E-state index < -0.39 is 0 Å². The highest BCUT2D eigenvalue weighted by Gasteiger charge is 2.13. The minimum atomic E-state index is 0. The molecule has 2 aromatic carbocycles. The number of carbonyl (C=O) groups is 1. The number of amidine groups is 1. The van der Waals surface area contributed by atoms with Gasteiger partial charge in [0, 0.05) is 36.0 Å². The first-order valence-corrected chi connectivity index (χ1v) is 9.06. The van der Waals surface area contributed by atoms with Crippen LogP contribution in [-0.4, -0.2) is 36.8 Å². The van der Waals surface area contributed by atoms with Crippen molar-refractivity contribution in [2.24, 2.45) is 5.73 Å². The van der Waals surface area contributed by atoms with Crippen LogP contribution in [0, 0.1) is 24.2 Å². The van der Waals surface area contributed by atoms with Crippen LogP contribution in [0.1, 0.15) is 33.5 Å². The number of nitrogens with one attached hydrogen (secondary N) is 2. The number of nitrogen functional groups attached to an aromatic ring is 1. The van der Waals surface area contributed by atoms with E-state index in [2.05, 4.69) is 23.7 Å². The molecule has 0 radical (unpaired) electrons. The van der Waals surface area contributed by atoms with E-state index in [1.807, 2.05) is 43.3 Å². The van der Waals surface area contributed by atoms with Gasteiger partial charge >= 0.3 is 0 Å². The largest absolute Gasteiger partial charge is 0.384 e. The maximum atomic E-state index is 12.5. The van der Waals surface area contributed by atoms with E-state index in [4.69, 9.17) is 11.1 Å². The second kappa shape index (κ2) is 11.6. The van der Waals surface area contributed by atoms with Gasteiger partial charge in [-0.1, -0.05) is 30.0 Å². The minimum Gasteiger partial charge on any atom is -0.384 e. The lowest BCUT2D eigenvalue weighted by molar-refractivity contribution is 0.0797. The molecule has 2 rings (SSSR count). The molecule has 0 aliphatic rings. The predicted molar refractivity (Wildman–Crippen MR) is 123 cm³/mol. The quantitative estimate of drug-likeness (QED) is 0.281. The lowest BCUT2D eigenvalue weighted by Gasteiger charge is -2.17. The van der Waals surface area contributed by atoms with Crippen molar-refractivity contribution in [1.29, 1.82) is 5.41 Å². The first kappa shape index (κ1) is 23.8. The summed E-state index contributed by atoms with van der Waals surface area (Å²) < 4.78 is 0. The van der Waals surface area contributed by atoms with Crippen molar-refractivity contribution in [3.05, 3.63) is 77.4 Å². The number of aryl methyl sites for hydroxylation is 1. The molecule has 0 saturated carbocycles. The average molecular weight is 411 g/mol. The Balaban J connectivity index is 0.00000420. The molecule has 0 heterocycles. The van der Waals surface area contributed by atoms with E-state index in [9.17, 15) is 4.79 Å². The predicted octanol–water partition coefficient (Wildman–Crippen LogP) is 3.81. The third kappa shape index (κ3) is 7.02. The Hall–Kier alpha value is -3.23. The molecule has 0 saturated heterocycles. The molecule has 5 nitrogen and oxygen atoms in total. The molecule has 0 atom stereocenters. The van der Waals surface area contributed by atoms with Crippen molar-refractivity contribution in [2.45, 2.75) is 13.3 Å². The molecule has 0 fully saturated rings. The number of rotatable bonds is 7. The number of benzene rings is 2. The van der Waals surface area contributed by atoms with E-state index in [0.717, 1.165) is 23.2 Å². The summed E-state index contributed by atoms with van der Waals surface area (Å²) in [6, 6.07) is 13.0. The fourth-order valence-electron chi connectivity index (χ4n) is 2.66. The van der Waals surface area contributed by atoms with E-state index in [1.165, 1.54) is 0 Å². The highest BCUT2D eigenvalue weighted by atomic mass is 35.5. The molecule has 2 aromatic rings. The smallest absolute Gasteiger partial charge is 0.253 e. The summed E-state index contributed by atoms with van der Waals surface area (Å²) in [6.45, 7) is 6.73. The molecule has 0 unspecified atom stereocenters. The molecule has 0 aliphatic carbocycles. The van der Waals surface area contributed by atoms with Gasteiger partial charge in [0.05, 0.1) is 6.54 Å². The van der Waals surface area contributed by atoms with Crippen LogP contribution < -0.4 is 11.1 Å². The van der Waals surface area contributed by atoms with E-state index in [-0.39, 0.29) is 24.1 Å². The Labute approximate surface area is 178 Å². The number of carbonyl (C=O) groups excluding carboxylic acids is 1. The monoisotopic (exact) mass is 410 g/mol. The van der Waals surface area contributed by atoms with Gasteiger partial charge in [0.25, 0.3) is 5.91 Å². The third-order valence-corrected chi connectivity index (χ3v) is 4.26. The minimum absolute atomic E-state index is 0. The van der Waals surface area contributed by atoms with Gasteiger partial charge in [-0.25, -0.2) is 0 Å². The van der Waals surface area contributed by atoms with E-state index in [0.29, 0.717) is 24.2 Å². The molecule has 6 heteroatoms. The third-order valence-electron chi connectivity index (χ3n) is 4.26. The summed E-state index contributed by atoms with van der Waals surface area (Å²) in [5, 5.41) is 10.7. The summed E-state index contributed by atoms with van der Waals surface area (Å²) in [4.78, 5) is 14.2. The van der Waals surface area contributed by atoms with Crippen LogP contribution in [0.2, 0.25) is 0 Å². The molecule has 0 bridgehead atoms. The summed E-state index contributed by atoms with van der Waals surface area (Å²) in [6.07, 6.45) is 2.58. The Morgan fingerprint density at radius 1 is 1.31 bits per heavy atom. The second-order valence-electron chi connectivity index (χ2n) is 6.48. The van der Waals surface area contributed by atoms with Gasteiger partial charge in [-0.15, -0.1) is 19.0 Å². The molecular formula is C23H27ClN4O.